The lowest BCUT2D eigenvalue weighted by Gasteiger charge is -2.05. The molecule has 6 heteroatoms. The molecule has 6 nitrogen and oxygen atoms in total. The summed E-state index contributed by atoms with van der Waals surface area (Å²) in [7, 11) is 0. The van der Waals surface area contributed by atoms with E-state index >= 15 is 0 Å². The molecule has 2 aromatic rings. The lowest BCUT2D eigenvalue weighted by atomic mass is 10.2. The fourth-order valence-electron chi connectivity index (χ4n) is 1.23. The highest BCUT2D eigenvalue weighted by atomic mass is 16.4. The van der Waals surface area contributed by atoms with Gasteiger partial charge >= 0.3 is 5.97 Å². The molecule has 0 atom stereocenters. The lowest BCUT2D eigenvalue weighted by molar-refractivity contribution is 0.0696. The van der Waals surface area contributed by atoms with Crippen LogP contribution in [-0.4, -0.2) is 25.8 Å². The van der Waals surface area contributed by atoms with Crippen LogP contribution in [0.1, 0.15) is 10.4 Å². The molecule has 3 N–H and O–H groups in total. The molecule has 0 saturated heterocycles. The number of anilines is 1. The molecule has 0 aliphatic rings. The van der Waals surface area contributed by atoms with Gasteiger partial charge in [-0.25, -0.2) is 14.5 Å². The SMILES string of the molecule is Nc1cc(C(=O)O)c(-n2cccn2)cn1. The zero-order valence-corrected chi connectivity index (χ0v) is 7.66. The first-order valence-electron chi connectivity index (χ1n) is 4.17. The molecular weight excluding hydrogens is 196 g/mol. The van der Waals surface area contributed by atoms with Crippen LogP contribution in [-0.2, 0) is 0 Å². The number of carboxylic acids is 1. The van der Waals surface area contributed by atoms with Gasteiger partial charge in [-0.05, 0) is 12.1 Å². The smallest absolute Gasteiger partial charge is 0.338 e. The first-order valence-corrected chi connectivity index (χ1v) is 4.17. The van der Waals surface area contributed by atoms with Gasteiger partial charge in [0.1, 0.15) is 5.82 Å². The third kappa shape index (κ3) is 1.64. The van der Waals surface area contributed by atoms with Crippen molar-refractivity contribution in [3.05, 3.63) is 36.3 Å². The van der Waals surface area contributed by atoms with Crippen molar-refractivity contribution >= 4 is 11.8 Å². The maximum absolute atomic E-state index is 10.9. The number of nitrogens with two attached hydrogens (primary N) is 1. The fourth-order valence-corrected chi connectivity index (χ4v) is 1.23. The van der Waals surface area contributed by atoms with Gasteiger partial charge in [0, 0.05) is 12.4 Å². The Kier molecular flexibility index (Phi) is 2.09. The maximum atomic E-state index is 10.9. The second-order valence-electron chi connectivity index (χ2n) is 2.88. The van der Waals surface area contributed by atoms with Crippen LogP contribution in [0.5, 0.6) is 0 Å². The maximum Gasteiger partial charge on any atom is 0.338 e. The predicted molar refractivity (Wildman–Crippen MR) is 52.7 cm³/mol. The third-order valence-electron chi connectivity index (χ3n) is 1.89. The van der Waals surface area contributed by atoms with E-state index in [4.69, 9.17) is 10.8 Å². The van der Waals surface area contributed by atoms with Gasteiger partial charge in [-0.2, -0.15) is 5.10 Å². The Morgan fingerprint density at radius 1 is 1.53 bits per heavy atom. The van der Waals surface area contributed by atoms with E-state index in [0.29, 0.717) is 5.69 Å². The number of hydrogen-bond donors (Lipinski definition) is 2. The van der Waals surface area contributed by atoms with Gasteiger partial charge in [0.05, 0.1) is 17.4 Å². The average molecular weight is 204 g/mol. The summed E-state index contributed by atoms with van der Waals surface area (Å²) in [6.45, 7) is 0. The van der Waals surface area contributed by atoms with E-state index in [1.54, 1.807) is 18.5 Å². The van der Waals surface area contributed by atoms with E-state index in [2.05, 4.69) is 10.1 Å². The molecule has 0 radical (unpaired) electrons. The Morgan fingerprint density at radius 3 is 2.93 bits per heavy atom. The van der Waals surface area contributed by atoms with E-state index < -0.39 is 5.97 Å². The number of carboxylic acid groups (broad SMARTS) is 1. The molecular formula is C9H8N4O2. The zero-order valence-electron chi connectivity index (χ0n) is 7.66. The quantitative estimate of drug-likeness (QED) is 0.744. The third-order valence-corrected chi connectivity index (χ3v) is 1.89. The molecule has 0 amide bonds. The van der Waals surface area contributed by atoms with E-state index in [0.717, 1.165) is 0 Å². The number of nitrogens with zero attached hydrogens (tertiary/aromatic N) is 3. The first kappa shape index (κ1) is 9.20. The van der Waals surface area contributed by atoms with Crippen molar-refractivity contribution in [2.75, 3.05) is 5.73 Å². The summed E-state index contributed by atoms with van der Waals surface area (Å²) in [6, 6.07) is 3.00. The summed E-state index contributed by atoms with van der Waals surface area (Å²) in [4.78, 5) is 14.8. The minimum absolute atomic E-state index is 0.0752. The summed E-state index contributed by atoms with van der Waals surface area (Å²) < 4.78 is 1.43. The summed E-state index contributed by atoms with van der Waals surface area (Å²) in [6.07, 6.45) is 4.58. The van der Waals surface area contributed by atoms with Gasteiger partial charge in [0.2, 0.25) is 0 Å². The van der Waals surface area contributed by atoms with Gasteiger partial charge in [0.25, 0.3) is 0 Å². The topological polar surface area (TPSA) is 94.0 Å². The number of rotatable bonds is 2. The summed E-state index contributed by atoms with van der Waals surface area (Å²) in [5.74, 6) is -0.891. The minimum Gasteiger partial charge on any atom is -0.478 e. The fraction of sp³-hybridized carbons (Fsp3) is 0. The van der Waals surface area contributed by atoms with Gasteiger partial charge in [-0.1, -0.05) is 0 Å². The normalized spacial score (nSPS) is 10.1. The van der Waals surface area contributed by atoms with Crippen LogP contribution in [0.4, 0.5) is 5.82 Å². The number of hydrogen-bond acceptors (Lipinski definition) is 4. The predicted octanol–water partition coefficient (Wildman–Crippen LogP) is 0.548. The molecule has 0 bridgehead atoms. The molecule has 0 aliphatic heterocycles. The van der Waals surface area contributed by atoms with Crippen molar-refractivity contribution in [2.24, 2.45) is 0 Å². The number of aromatic nitrogens is 3. The largest absolute Gasteiger partial charge is 0.478 e. The molecule has 2 rings (SSSR count). The van der Waals surface area contributed by atoms with E-state index in [9.17, 15) is 4.79 Å². The second kappa shape index (κ2) is 3.41. The van der Waals surface area contributed by atoms with Gasteiger partial charge in [0.15, 0.2) is 0 Å². The molecule has 15 heavy (non-hydrogen) atoms. The highest BCUT2D eigenvalue weighted by molar-refractivity contribution is 5.92. The molecule has 0 saturated carbocycles. The Balaban J connectivity index is 2.61. The minimum atomic E-state index is -1.06. The van der Waals surface area contributed by atoms with Crippen LogP contribution in [0.25, 0.3) is 5.69 Å². The first-order chi connectivity index (χ1) is 7.18. The van der Waals surface area contributed by atoms with E-state index in [-0.39, 0.29) is 11.4 Å². The summed E-state index contributed by atoms with van der Waals surface area (Å²) in [5.41, 5.74) is 5.88. The Morgan fingerprint density at radius 2 is 2.33 bits per heavy atom. The van der Waals surface area contributed by atoms with Crippen LogP contribution in [0, 0.1) is 0 Å². The number of aromatic carboxylic acids is 1. The molecule has 0 spiro atoms. The highest BCUT2D eigenvalue weighted by Gasteiger charge is 2.12. The van der Waals surface area contributed by atoms with Gasteiger partial charge in [-0.3, -0.25) is 0 Å². The number of nitrogen functional groups attached to an aromatic ring is 1. The summed E-state index contributed by atoms with van der Waals surface area (Å²) >= 11 is 0. The van der Waals surface area contributed by atoms with E-state index in [1.165, 1.54) is 16.9 Å². The molecule has 0 fully saturated rings. The standard InChI is InChI=1S/C9H8N4O2/c10-8-4-6(9(14)15)7(5-11-8)13-3-1-2-12-13/h1-5H,(H2,10,11)(H,14,15). The molecule has 2 heterocycles. The average Bonchev–Trinajstić information content (AvgIpc) is 2.70. The zero-order chi connectivity index (χ0) is 10.8. The van der Waals surface area contributed by atoms with Crippen molar-refractivity contribution < 1.29 is 9.90 Å². The Hall–Kier alpha value is -2.37. The van der Waals surface area contributed by atoms with Gasteiger partial charge in [-0.15, -0.1) is 0 Å². The molecule has 0 aromatic carbocycles. The summed E-state index contributed by atoms with van der Waals surface area (Å²) in [5, 5.41) is 12.9. The lowest BCUT2D eigenvalue weighted by Crippen LogP contribution is -2.08. The van der Waals surface area contributed by atoms with Crippen LogP contribution < -0.4 is 5.73 Å². The van der Waals surface area contributed by atoms with Crippen molar-refractivity contribution in [3.63, 3.8) is 0 Å². The van der Waals surface area contributed by atoms with Crippen LogP contribution in [0.15, 0.2) is 30.7 Å². The van der Waals surface area contributed by atoms with E-state index in [1.807, 2.05) is 0 Å². The number of carbonyl (C=O) groups is 1. The monoisotopic (exact) mass is 204 g/mol. The molecule has 76 valence electrons. The van der Waals surface area contributed by atoms with Crippen molar-refractivity contribution in [1.82, 2.24) is 14.8 Å². The van der Waals surface area contributed by atoms with Crippen molar-refractivity contribution in [2.45, 2.75) is 0 Å². The van der Waals surface area contributed by atoms with Crippen molar-refractivity contribution in [1.29, 1.82) is 0 Å². The van der Waals surface area contributed by atoms with Crippen LogP contribution in [0.2, 0.25) is 0 Å². The van der Waals surface area contributed by atoms with Crippen LogP contribution >= 0.6 is 0 Å². The Bertz CT molecular complexity index is 493. The van der Waals surface area contributed by atoms with Crippen LogP contribution in [0.3, 0.4) is 0 Å². The van der Waals surface area contributed by atoms with Gasteiger partial charge < -0.3 is 10.8 Å². The highest BCUT2D eigenvalue weighted by Crippen LogP contribution is 2.14. The Labute approximate surface area is 85.0 Å². The number of pyridine rings is 1. The molecule has 0 aliphatic carbocycles. The van der Waals surface area contributed by atoms with Crippen molar-refractivity contribution in [3.8, 4) is 5.69 Å². The molecule has 2 aromatic heterocycles. The second-order valence-corrected chi connectivity index (χ2v) is 2.88. The molecule has 0 unspecified atom stereocenters.